The van der Waals surface area contributed by atoms with Gasteiger partial charge in [0.15, 0.2) is 0 Å². The van der Waals surface area contributed by atoms with Crippen molar-refractivity contribution in [3.8, 4) is 6.07 Å². The van der Waals surface area contributed by atoms with Crippen LogP contribution in [0.1, 0.15) is 39.7 Å². The molecule has 0 amide bonds. The fourth-order valence-corrected chi connectivity index (χ4v) is 3.17. The molecule has 2 rings (SSSR count). The topological polar surface area (TPSA) is 60.2 Å². The van der Waals surface area contributed by atoms with E-state index in [4.69, 9.17) is 5.26 Å². The van der Waals surface area contributed by atoms with Crippen LogP contribution < -0.4 is 10.6 Å². The van der Waals surface area contributed by atoms with E-state index in [9.17, 15) is 4.39 Å². The van der Waals surface area contributed by atoms with E-state index in [2.05, 4.69) is 48.0 Å². The van der Waals surface area contributed by atoms with Crippen LogP contribution in [-0.2, 0) is 6.54 Å². The summed E-state index contributed by atoms with van der Waals surface area (Å²) < 4.78 is 14.4. The van der Waals surface area contributed by atoms with Crippen LogP contribution in [0.2, 0.25) is 0 Å². The molecule has 5 heteroatoms. The first-order chi connectivity index (χ1) is 15.6. The molecule has 0 unspecified atom stereocenters. The lowest BCUT2D eigenvalue weighted by atomic mass is 9.85. The van der Waals surface area contributed by atoms with Gasteiger partial charge in [0, 0.05) is 23.5 Å². The van der Waals surface area contributed by atoms with Gasteiger partial charge in [-0.2, -0.15) is 5.26 Å². The molecule has 0 saturated carbocycles. The van der Waals surface area contributed by atoms with Crippen LogP contribution in [-0.4, -0.2) is 5.71 Å². The zero-order valence-electron chi connectivity index (χ0n) is 19.9. The molecule has 33 heavy (non-hydrogen) atoms. The SMILES string of the molecule is C=C1C(=C)C(Nc2cc(CNC(=C)C(/C=C(\C)C(=C)C#N)=N\C(C)=C\CC)ccc2F)=C1C. The molecule has 0 aliphatic heterocycles. The number of anilines is 1. The Hall–Kier alpha value is -3.91. The molecule has 0 fully saturated rings. The van der Waals surface area contributed by atoms with Crippen LogP contribution in [0.25, 0.3) is 0 Å². The van der Waals surface area contributed by atoms with Gasteiger partial charge < -0.3 is 10.6 Å². The minimum absolute atomic E-state index is 0.348. The second-order valence-electron chi connectivity index (χ2n) is 7.90. The van der Waals surface area contributed by atoms with Gasteiger partial charge in [-0.3, -0.25) is 4.99 Å². The maximum absolute atomic E-state index is 14.4. The van der Waals surface area contributed by atoms with Crippen molar-refractivity contribution in [2.24, 2.45) is 4.99 Å². The molecule has 0 radical (unpaired) electrons. The third-order valence-corrected chi connectivity index (χ3v) is 5.36. The van der Waals surface area contributed by atoms with Crippen LogP contribution in [0.15, 0.2) is 107 Å². The molecular weight excluding hydrogens is 411 g/mol. The second kappa shape index (κ2) is 11.1. The molecule has 0 aromatic heterocycles. The van der Waals surface area contributed by atoms with Gasteiger partial charge in [0.25, 0.3) is 0 Å². The van der Waals surface area contributed by atoms with Crippen molar-refractivity contribution in [1.82, 2.24) is 5.32 Å². The highest BCUT2D eigenvalue weighted by molar-refractivity contribution is 6.08. The number of halogens is 1. The third kappa shape index (κ3) is 6.30. The van der Waals surface area contributed by atoms with Gasteiger partial charge in [0.1, 0.15) is 5.82 Å². The van der Waals surface area contributed by atoms with E-state index >= 15 is 0 Å². The van der Waals surface area contributed by atoms with Crippen molar-refractivity contribution in [2.45, 2.75) is 40.7 Å². The molecule has 0 atom stereocenters. The Morgan fingerprint density at radius 3 is 2.52 bits per heavy atom. The van der Waals surface area contributed by atoms with Crippen molar-refractivity contribution >= 4 is 11.4 Å². The Morgan fingerprint density at radius 2 is 1.91 bits per heavy atom. The smallest absolute Gasteiger partial charge is 0.146 e. The van der Waals surface area contributed by atoms with Gasteiger partial charge in [-0.15, -0.1) is 0 Å². The first-order valence-corrected chi connectivity index (χ1v) is 10.7. The quantitative estimate of drug-likeness (QED) is 0.232. The van der Waals surface area contributed by atoms with E-state index in [0.29, 0.717) is 34.8 Å². The molecule has 1 aromatic rings. The molecule has 1 aliphatic rings. The van der Waals surface area contributed by atoms with Crippen LogP contribution in [0.5, 0.6) is 0 Å². The molecule has 170 valence electrons. The van der Waals surface area contributed by atoms with Crippen LogP contribution in [0.3, 0.4) is 0 Å². The van der Waals surface area contributed by atoms with Crippen molar-refractivity contribution in [3.63, 3.8) is 0 Å². The largest absolute Gasteiger partial charge is 0.380 e. The Kier molecular flexibility index (Phi) is 8.53. The molecule has 4 nitrogen and oxygen atoms in total. The molecule has 0 bridgehead atoms. The Morgan fingerprint density at radius 1 is 1.21 bits per heavy atom. The lowest BCUT2D eigenvalue weighted by Crippen LogP contribution is -2.19. The van der Waals surface area contributed by atoms with E-state index in [-0.39, 0.29) is 5.82 Å². The summed E-state index contributed by atoms with van der Waals surface area (Å²) in [6.07, 6.45) is 4.65. The standard InChI is InChI=1S/C28H31FN4/c1-9-10-19(4)32-26(13-17(2)18(3)15-30)23(8)31-16-24-11-12-25(29)27(14-24)33-28-21(6)20(5)22(28)7/h10-14,31,33H,3,5-6,8-9,16H2,1-2,4,7H3/b17-13+,19-10+,32-26-. The summed E-state index contributed by atoms with van der Waals surface area (Å²) in [6, 6.07) is 6.95. The van der Waals surface area contributed by atoms with E-state index in [0.717, 1.165) is 40.1 Å². The molecule has 1 aromatic carbocycles. The fourth-order valence-electron chi connectivity index (χ4n) is 3.17. The average molecular weight is 443 g/mol. The highest BCUT2D eigenvalue weighted by Crippen LogP contribution is 2.37. The molecule has 0 spiro atoms. The lowest BCUT2D eigenvalue weighted by Gasteiger charge is -2.28. The van der Waals surface area contributed by atoms with Crippen LogP contribution >= 0.6 is 0 Å². The molecule has 2 N–H and O–H groups in total. The van der Waals surface area contributed by atoms with Crippen LogP contribution in [0, 0.1) is 17.1 Å². The zero-order chi connectivity index (χ0) is 24.7. The first-order valence-electron chi connectivity index (χ1n) is 10.7. The number of rotatable bonds is 10. The summed E-state index contributed by atoms with van der Waals surface area (Å²) in [5.74, 6) is -0.348. The maximum Gasteiger partial charge on any atom is 0.146 e. The Bertz CT molecular complexity index is 1180. The van der Waals surface area contributed by atoms with Gasteiger partial charge in [0.2, 0.25) is 0 Å². The molecule has 0 heterocycles. The number of nitrogens with one attached hydrogen (secondary N) is 2. The van der Waals surface area contributed by atoms with Crippen molar-refractivity contribution in [2.75, 3.05) is 5.32 Å². The number of hydrogen-bond acceptors (Lipinski definition) is 4. The second-order valence-corrected chi connectivity index (χ2v) is 7.90. The Labute approximate surface area is 196 Å². The summed E-state index contributed by atoms with van der Waals surface area (Å²) >= 11 is 0. The van der Waals surface area contributed by atoms with Gasteiger partial charge in [-0.05, 0) is 73.3 Å². The van der Waals surface area contributed by atoms with Gasteiger partial charge in [0.05, 0.1) is 23.2 Å². The van der Waals surface area contributed by atoms with E-state index in [1.165, 1.54) is 6.07 Å². The van der Waals surface area contributed by atoms with Gasteiger partial charge in [-0.25, -0.2) is 4.39 Å². The predicted molar refractivity (Wildman–Crippen MR) is 137 cm³/mol. The maximum atomic E-state index is 14.4. The number of nitriles is 1. The number of benzene rings is 1. The summed E-state index contributed by atoms with van der Waals surface area (Å²) in [5.41, 5.74) is 7.82. The third-order valence-electron chi connectivity index (χ3n) is 5.36. The predicted octanol–water partition coefficient (Wildman–Crippen LogP) is 7.02. The molecule has 1 aliphatic carbocycles. The van der Waals surface area contributed by atoms with E-state index in [1.54, 1.807) is 18.2 Å². The first kappa shape index (κ1) is 25.4. The number of allylic oxidation sites excluding steroid dienone is 7. The van der Waals surface area contributed by atoms with Crippen molar-refractivity contribution in [1.29, 1.82) is 5.26 Å². The summed E-state index contributed by atoms with van der Waals surface area (Å²) in [4.78, 5) is 4.64. The Balaban J connectivity index is 2.22. The fraction of sp³-hybridized carbons (Fsp3) is 0.214. The highest BCUT2D eigenvalue weighted by Gasteiger charge is 2.23. The van der Waals surface area contributed by atoms with Gasteiger partial charge in [-0.1, -0.05) is 45.4 Å². The molecular formula is C28H31FN4. The summed E-state index contributed by atoms with van der Waals surface area (Å²) in [6.45, 7) is 23.9. The number of hydrogen-bond donors (Lipinski definition) is 2. The monoisotopic (exact) mass is 442 g/mol. The van der Waals surface area contributed by atoms with E-state index in [1.807, 2.05) is 33.8 Å². The van der Waals surface area contributed by atoms with Crippen molar-refractivity contribution < 1.29 is 4.39 Å². The van der Waals surface area contributed by atoms with Crippen LogP contribution in [0.4, 0.5) is 10.1 Å². The number of nitrogens with zero attached hydrogens (tertiary/aromatic N) is 2. The zero-order valence-corrected chi connectivity index (χ0v) is 19.9. The summed E-state index contributed by atoms with van der Waals surface area (Å²) in [7, 11) is 0. The lowest BCUT2D eigenvalue weighted by molar-refractivity contribution is 0.630. The minimum atomic E-state index is -0.348. The normalized spacial score (nSPS) is 14.6. The highest BCUT2D eigenvalue weighted by atomic mass is 19.1. The molecule has 0 saturated heterocycles. The van der Waals surface area contributed by atoms with Gasteiger partial charge >= 0.3 is 0 Å². The van der Waals surface area contributed by atoms with Crippen molar-refractivity contribution in [3.05, 3.63) is 113 Å². The number of aliphatic imine (C=N–C) groups is 1. The van der Waals surface area contributed by atoms with E-state index < -0.39 is 0 Å². The average Bonchev–Trinajstić information content (AvgIpc) is 2.80. The minimum Gasteiger partial charge on any atom is -0.380 e. The summed E-state index contributed by atoms with van der Waals surface area (Å²) in [5, 5.41) is 15.5.